The average molecular weight is 203 g/mol. The van der Waals surface area contributed by atoms with Crippen LogP contribution in [0.4, 0.5) is 0 Å². The number of hydrogen-bond acceptors (Lipinski definition) is 3. The van der Waals surface area contributed by atoms with Crippen molar-refractivity contribution in [3.63, 3.8) is 0 Å². The zero-order valence-electron chi connectivity index (χ0n) is 8.95. The van der Waals surface area contributed by atoms with E-state index in [9.17, 15) is 0 Å². The molecule has 0 bridgehead atoms. The van der Waals surface area contributed by atoms with E-state index < -0.39 is 0 Å². The Balaban J connectivity index is 1.56. The molecule has 0 atom stereocenters. The monoisotopic (exact) mass is 203 g/mol. The van der Waals surface area contributed by atoms with Crippen LogP contribution < -0.4 is 5.32 Å². The lowest BCUT2D eigenvalue weighted by Gasteiger charge is -2.47. The van der Waals surface area contributed by atoms with Gasteiger partial charge >= 0.3 is 0 Å². The topological polar surface area (TPSA) is 28.2 Å². The van der Waals surface area contributed by atoms with Crippen molar-refractivity contribution < 1.29 is 0 Å². The molecular weight excluding hydrogens is 186 g/mol. The van der Waals surface area contributed by atoms with Gasteiger partial charge in [-0.05, 0) is 25.1 Å². The van der Waals surface area contributed by atoms with Gasteiger partial charge < -0.3 is 5.32 Å². The minimum Gasteiger partial charge on any atom is -0.316 e. The lowest BCUT2D eigenvalue weighted by Crippen LogP contribution is -2.56. The molecule has 3 nitrogen and oxygen atoms in total. The summed E-state index contributed by atoms with van der Waals surface area (Å²) in [6.45, 7) is 5.93. The molecule has 0 aromatic carbocycles. The van der Waals surface area contributed by atoms with Crippen LogP contribution in [0.5, 0.6) is 0 Å². The highest BCUT2D eigenvalue weighted by Gasteiger charge is 2.44. The van der Waals surface area contributed by atoms with E-state index in [0.717, 1.165) is 6.54 Å². The van der Waals surface area contributed by atoms with Crippen LogP contribution in [0.2, 0.25) is 0 Å². The highest BCUT2D eigenvalue weighted by Crippen LogP contribution is 2.36. The first-order valence-corrected chi connectivity index (χ1v) is 5.69. The summed E-state index contributed by atoms with van der Waals surface area (Å²) in [6.07, 6.45) is 3.23. The van der Waals surface area contributed by atoms with E-state index in [1.807, 2.05) is 12.3 Å². The number of hydrogen-bond donors (Lipinski definition) is 1. The molecule has 3 rings (SSSR count). The summed E-state index contributed by atoms with van der Waals surface area (Å²) in [4.78, 5) is 6.85. The highest BCUT2D eigenvalue weighted by molar-refractivity contribution is 5.07. The molecule has 1 aromatic heterocycles. The molecule has 0 unspecified atom stereocenters. The first-order chi connectivity index (χ1) is 7.36. The predicted molar refractivity (Wildman–Crippen MR) is 59.4 cm³/mol. The molecule has 2 aliphatic heterocycles. The average Bonchev–Trinajstić information content (AvgIpc) is 2.68. The lowest BCUT2D eigenvalue weighted by atomic mass is 9.79. The van der Waals surface area contributed by atoms with E-state index in [1.165, 1.54) is 38.3 Å². The van der Waals surface area contributed by atoms with Crippen LogP contribution >= 0.6 is 0 Å². The Kier molecular flexibility index (Phi) is 2.22. The number of likely N-dealkylation sites (tertiary alicyclic amines) is 1. The van der Waals surface area contributed by atoms with E-state index in [0.29, 0.717) is 5.41 Å². The molecule has 1 spiro atoms. The van der Waals surface area contributed by atoms with Gasteiger partial charge in [-0.25, -0.2) is 0 Å². The maximum absolute atomic E-state index is 4.36. The minimum absolute atomic E-state index is 0.606. The third-order valence-corrected chi connectivity index (χ3v) is 3.56. The van der Waals surface area contributed by atoms with Gasteiger partial charge in [0.2, 0.25) is 0 Å². The fourth-order valence-electron chi connectivity index (χ4n) is 2.80. The molecule has 2 fully saturated rings. The largest absolute Gasteiger partial charge is 0.316 e. The van der Waals surface area contributed by atoms with Gasteiger partial charge in [0.15, 0.2) is 0 Å². The quantitative estimate of drug-likeness (QED) is 0.773. The van der Waals surface area contributed by atoms with Crippen molar-refractivity contribution in [2.24, 2.45) is 5.41 Å². The maximum Gasteiger partial charge on any atom is 0.0543 e. The second kappa shape index (κ2) is 3.58. The summed E-state index contributed by atoms with van der Waals surface area (Å²) in [5.41, 5.74) is 1.80. The number of aromatic nitrogens is 1. The smallest absolute Gasteiger partial charge is 0.0543 e. The zero-order chi connectivity index (χ0) is 10.1. The second-order valence-electron chi connectivity index (χ2n) is 4.89. The van der Waals surface area contributed by atoms with Crippen LogP contribution in [-0.4, -0.2) is 36.1 Å². The van der Waals surface area contributed by atoms with Crippen LogP contribution in [-0.2, 0) is 6.54 Å². The molecule has 15 heavy (non-hydrogen) atoms. The summed E-state index contributed by atoms with van der Waals surface area (Å²) in [5, 5.41) is 3.46. The Morgan fingerprint density at radius 1 is 1.40 bits per heavy atom. The van der Waals surface area contributed by atoms with Crippen molar-refractivity contribution in [1.82, 2.24) is 15.2 Å². The molecule has 1 aromatic rings. The van der Waals surface area contributed by atoms with Crippen LogP contribution in [0.1, 0.15) is 12.1 Å². The molecule has 2 saturated heterocycles. The van der Waals surface area contributed by atoms with Gasteiger partial charge in [-0.1, -0.05) is 6.07 Å². The molecular formula is C12H17N3. The van der Waals surface area contributed by atoms with E-state index in [1.54, 1.807) is 0 Å². The van der Waals surface area contributed by atoms with Gasteiger partial charge in [0, 0.05) is 37.8 Å². The number of rotatable bonds is 2. The number of nitrogens with zero attached hydrogens (tertiary/aromatic N) is 2. The zero-order valence-corrected chi connectivity index (χ0v) is 8.95. The van der Waals surface area contributed by atoms with Crippen molar-refractivity contribution in [3.05, 3.63) is 30.1 Å². The molecule has 80 valence electrons. The van der Waals surface area contributed by atoms with Gasteiger partial charge in [0.1, 0.15) is 0 Å². The lowest BCUT2D eigenvalue weighted by molar-refractivity contribution is 0.00941. The molecule has 2 aliphatic rings. The Bertz CT molecular complexity index is 322. The first kappa shape index (κ1) is 9.31. The van der Waals surface area contributed by atoms with Crippen molar-refractivity contribution in [3.8, 4) is 0 Å². The van der Waals surface area contributed by atoms with Crippen molar-refractivity contribution in [2.45, 2.75) is 13.0 Å². The van der Waals surface area contributed by atoms with Crippen molar-refractivity contribution >= 4 is 0 Å². The van der Waals surface area contributed by atoms with E-state index >= 15 is 0 Å². The standard InChI is InChI=1S/C12H17N3/c1-2-5-14-11(3-1)7-15-9-12(10-15)4-6-13-8-12/h1-3,5,13H,4,6-10H2. The van der Waals surface area contributed by atoms with Crippen LogP contribution in [0.3, 0.4) is 0 Å². The normalized spacial score (nSPS) is 24.3. The maximum atomic E-state index is 4.36. The van der Waals surface area contributed by atoms with Gasteiger partial charge in [0.05, 0.1) is 5.69 Å². The SMILES string of the molecule is c1ccc(CN2CC3(CCNC3)C2)nc1. The second-order valence-corrected chi connectivity index (χ2v) is 4.89. The van der Waals surface area contributed by atoms with E-state index in [2.05, 4.69) is 27.3 Å². The molecule has 3 heteroatoms. The van der Waals surface area contributed by atoms with Gasteiger partial charge in [-0.2, -0.15) is 0 Å². The summed E-state index contributed by atoms with van der Waals surface area (Å²) < 4.78 is 0. The van der Waals surface area contributed by atoms with Crippen LogP contribution in [0.15, 0.2) is 24.4 Å². The molecule has 0 saturated carbocycles. The van der Waals surface area contributed by atoms with Crippen molar-refractivity contribution in [2.75, 3.05) is 26.2 Å². The molecule has 0 amide bonds. The fraction of sp³-hybridized carbons (Fsp3) is 0.583. The molecule has 3 heterocycles. The van der Waals surface area contributed by atoms with E-state index in [4.69, 9.17) is 0 Å². The third kappa shape index (κ3) is 1.77. The first-order valence-electron chi connectivity index (χ1n) is 5.69. The summed E-state index contributed by atoms with van der Waals surface area (Å²) in [6, 6.07) is 6.15. The summed E-state index contributed by atoms with van der Waals surface area (Å²) in [5.74, 6) is 0. The fourth-order valence-corrected chi connectivity index (χ4v) is 2.80. The van der Waals surface area contributed by atoms with Gasteiger partial charge in [0.25, 0.3) is 0 Å². The molecule has 0 radical (unpaired) electrons. The van der Waals surface area contributed by atoms with E-state index in [-0.39, 0.29) is 0 Å². The van der Waals surface area contributed by atoms with Crippen LogP contribution in [0, 0.1) is 5.41 Å². The predicted octanol–water partition coefficient (Wildman–Crippen LogP) is 0.877. The summed E-state index contributed by atoms with van der Waals surface area (Å²) >= 11 is 0. The summed E-state index contributed by atoms with van der Waals surface area (Å²) in [7, 11) is 0. The van der Waals surface area contributed by atoms with Crippen LogP contribution in [0.25, 0.3) is 0 Å². The third-order valence-electron chi connectivity index (χ3n) is 3.56. The molecule has 0 aliphatic carbocycles. The molecule has 1 N–H and O–H groups in total. The Morgan fingerprint density at radius 3 is 3.00 bits per heavy atom. The Morgan fingerprint density at radius 2 is 2.33 bits per heavy atom. The Labute approximate surface area is 90.5 Å². The number of pyridine rings is 1. The Hall–Kier alpha value is -0.930. The minimum atomic E-state index is 0.606. The number of nitrogens with one attached hydrogen (secondary N) is 1. The van der Waals surface area contributed by atoms with Gasteiger partial charge in [-0.3, -0.25) is 9.88 Å². The highest BCUT2D eigenvalue weighted by atomic mass is 15.2. The van der Waals surface area contributed by atoms with Gasteiger partial charge in [-0.15, -0.1) is 0 Å². The van der Waals surface area contributed by atoms with Crippen molar-refractivity contribution in [1.29, 1.82) is 0 Å².